The third-order valence-electron chi connectivity index (χ3n) is 1.94. The van der Waals surface area contributed by atoms with Crippen molar-refractivity contribution in [3.63, 3.8) is 0 Å². The van der Waals surface area contributed by atoms with E-state index in [4.69, 9.17) is 14.6 Å². The van der Waals surface area contributed by atoms with Gasteiger partial charge in [-0.25, -0.2) is 0 Å². The van der Waals surface area contributed by atoms with E-state index in [2.05, 4.69) is 15.5 Å². The molecular weight excluding hydrogens is 258 g/mol. The van der Waals surface area contributed by atoms with Gasteiger partial charge in [-0.3, -0.25) is 10.1 Å². The highest BCUT2D eigenvalue weighted by Crippen LogP contribution is 2.15. The van der Waals surface area contributed by atoms with Crippen LogP contribution < -0.4 is 5.32 Å². The van der Waals surface area contributed by atoms with Gasteiger partial charge in [0.05, 0.1) is 18.5 Å². The molecule has 0 saturated carbocycles. The van der Waals surface area contributed by atoms with Gasteiger partial charge < -0.3 is 14.6 Å². The number of hydrogen-bond donors (Lipinski definition) is 3. The number of carbonyl (C=O) groups is 1. The molecule has 1 amide bonds. The van der Waals surface area contributed by atoms with E-state index in [0.717, 1.165) is 0 Å². The number of carbonyl (C=O) groups excluding carboxylic acids is 1. The Kier molecular flexibility index (Phi) is 6.10. The topological polar surface area (TPSA) is 108 Å². The Morgan fingerprint density at radius 1 is 1.50 bits per heavy atom. The first kappa shape index (κ1) is 14.9. The smallest absolute Gasteiger partial charge is 0.322 e. The Balaban J connectivity index is 2.31. The molecule has 1 atom stereocenters. The number of rotatable bonds is 7. The Bertz CT molecular complexity index is 383. The van der Waals surface area contributed by atoms with E-state index in [-0.39, 0.29) is 30.2 Å². The predicted octanol–water partition coefficient (Wildman–Crippen LogP) is 0.218. The van der Waals surface area contributed by atoms with Crippen LogP contribution in [-0.4, -0.2) is 50.5 Å². The number of aromatic nitrogens is 2. The molecule has 0 aliphatic rings. The van der Waals surface area contributed by atoms with Crippen molar-refractivity contribution >= 4 is 23.7 Å². The zero-order valence-electron chi connectivity index (χ0n) is 10.3. The molecule has 0 spiro atoms. The first-order valence-electron chi connectivity index (χ1n) is 5.52. The van der Waals surface area contributed by atoms with Crippen LogP contribution in [0.15, 0.2) is 4.42 Å². The SMILES string of the molecule is CC(C)c1nnc(NC(=O)CSCC(O)CO)o1. The molecular formula is C10H17N3O4S. The minimum Gasteiger partial charge on any atom is -0.408 e. The number of thioether (sulfide) groups is 1. The van der Waals surface area contributed by atoms with Gasteiger partial charge in [-0.05, 0) is 0 Å². The maximum Gasteiger partial charge on any atom is 0.322 e. The van der Waals surface area contributed by atoms with Gasteiger partial charge in [0.1, 0.15) is 0 Å². The summed E-state index contributed by atoms with van der Waals surface area (Å²) < 4.78 is 5.21. The number of nitrogens with zero attached hydrogens (tertiary/aromatic N) is 2. The van der Waals surface area contributed by atoms with Gasteiger partial charge in [-0.2, -0.15) is 0 Å². The summed E-state index contributed by atoms with van der Waals surface area (Å²) >= 11 is 1.21. The minimum absolute atomic E-state index is 0.0759. The second kappa shape index (κ2) is 7.34. The lowest BCUT2D eigenvalue weighted by Gasteiger charge is -2.05. The van der Waals surface area contributed by atoms with Gasteiger partial charge in [0.2, 0.25) is 11.8 Å². The molecule has 1 aromatic heterocycles. The number of nitrogens with one attached hydrogen (secondary N) is 1. The van der Waals surface area contributed by atoms with Gasteiger partial charge in [-0.1, -0.05) is 18.9 Å². The molecule has 0 radical (unpaired) electrons. The highest BCUT2D eigenvalue weighted by Gasteiger charge is 2.12. The molecule has 0 aliphatic heterocycles. The Morgan fingerprint density at radius 2 is 2.22 bits per heavy atom. The molecule has 18 heavy (non-hydrogen) atoms. The standard InChI is InChI=1S/C10H17N3O4S/c1-6(2)9-12-13-10(17-9)11-8(16)5-18-4-7(15)3-14/h6-7,14-15H,3-5H2,1-2H3,(H,11,13,16). The number of anilines is 1. The summed E-state index contributed by atoms with van der Waals surface area (Å²) in [5.41, 5.74) is 0. The molecule has 1 rings (SSSR count). The van der Waals surface area contributed by atoms with Gasteiger partial charge in [0.15, 0.2) is 0 Å². The lowest BCUT2D eigenvalue weighted by molar-refractivity contribution is -0.113. The van der Waals surface area contributed by atoms with Crippen molar-refractivity contribution in [3.05, 3.63) is 5.89 Å². The second-order valence-electron chi connectivity index (χ2n) is 4.00. The third kappa shape index (κ3) is 5.03. The maximum atomic E-state index is 11.5. The molecule has 0 fully saturated rings. The average Bonchev–Trinajstić information content (AvgIpc) is 2.77. The molecule has 3 N–H and O–H groups in total. The van der Waals surface area contributed by atoms with E-state index in [1.807, 2.05) is 13.8 Å². The van der Waals surface area contributed by atoms with Gasteiger partial charge >= 0.3 is 6.01 Å². The van der Waals surface area contributed by atoms with Crippen molar-refractivity contribution in [3.8, 4) is 0 Å². The van der Waals surface area contributed by atoms with Crippen LogP contribution in [0.5, 0.6) is 0 Å². The van der Waals surface area contributed by atoms with Crippen LogP contribution in [-0.2, 0) is 4.79 Å². The highest BCUT2D eigenvalue weighted by atomic mass is 32.2. The van der Waals surface area contributed by atoms with Crippen molar-refractivity contribution in [1.82, 2.24) is 10.2 Å². The Morgan fingerprint density at radius 3 is 2.78 bits per heavy atom. The summed E-state index contributed by atoms with van der Waals surface area (Å²) in [6.07, 6.45) is -0.807. The predicted molar refractivity (Wildman–Crippen MR) is 67.4 cm³/mol. The molecule has 102 valence electrons. The third-order valence-corrected chi connectivity index (χ3v) is 3.02. The van der Waals surface area contributed by atoms with Gasteiger partial charge in [0.25, 0.3) is 0 Å². The summed E-state index contributed by atoms with van der Waals surface area (Å²) in [5, 5.41) is 27.6. The van der Waals surface area contributed by atoms with E-state index < -0.39 is 6.10 Å². The second-order valence-corrected chi connectivity index (χ2v) is 5.03. The molecule has 1 aromatic rings. The molecule has 0 saturated heterocycles. The number of hydrogen-bond acceptors (Lipinski definition) is 7. The Labute approximate surface area is 109 Å². The summed E-state index contributed by atoms with van der Waals surface area (Å²) in [7, 11) is 0. The van der Waals surface area contributed by atoms with E-state index in [9.17, 15) is 4.79 Å². The molecule has 8 heteroatoms. The minimum atomic E-state index is -0.807. The summed E-state index contributed by atoms with van der Waals surface area (Å²) in [6, 6.07) is 0.0759. The van der Waals surface area contributed by atoms with Crippen molar-refractivity contribution < 1.29 is 19.4 Å². The fraction of sp³-hybridized carbons (Fsp3) is 0.700. The zero-order chi connectivity index (χ0) is 13.5. The summed E-state index contributed by atoms with van der Waals surface area (Å²) in [4.78, 5) is 11.5. The lowest BCUT2D eigenvalue weighted by atomic mass is 10.2. The van der Waals surface area contributed by atoms with Crippen LogP contribution in [0.2, 0.25) is 0 Å². The van der Waals surface area contributed by atoms with Gasteiger partial charge in [0, 0.05) is 11.7 Å². The van der Waals surface area contributed by atoms with E-state index in [1.54, 1.807) is 0 Å². The normalized spacial score (nSPS) is 12.7. The van der Waals surface area contributed by atoms with Crippen LogP contribution in [0, 0.1) is 0 Å². The first-order chi connectivity index (χ1) is 8.52. The van der Waals surface area contributed by atoms with Crippen molar-refractivity contribution in [1.29, 1.82) is 0 Å². The summed E-state index contributed by atoms with van der Waals surface area (Å²) in [5.74, 6) is 0.733. The Hall–Kier alpha value is -1.12. The van der Waals surface area contributed by atoms with Crippen LogP contribution in [0.1, 0.15) is 25.7 Å². The number of amides is 1. The van der Waals surface area contributed by atoms with Crippen LogP contribution in [0.4, 0.5) is 6.01 Å². The average molecular weight is 275 g/mol. The van der Waals surface area contributed by atoms with Crippen molar-refractivity contribution in [2.24, 2.45) is 0 Å². The molecule has 1 unspecified atom stereocenters. The van der Waals surface area contributed by atoms with E-state index >= 15 is 0 Å². The van der Waals surface area contributed by atoms with E-state index in [1.165, 1.54) is 11.8 Å². The fourth-order valence-electron chi connectivity index (χ4n) is 1.01. The molecule has 0 aromatic carbocycles. The molecule has 7 nitrogen and oxygen atoms in total. The summed E-state index contributed by atoms with van der Waals surface area (Å²) in [6.45, 7) is 3.51. The zero-order valence-corrected chi connectivity index (χ0v) is 11.1. The molecule has 0 aliphatic carbocycles. The molecule has 0 bridgehead atoms. The lowest BCUT2D eigenvalue weighted by Crippen LogP contribution is -2.19. The highest BCUT2D eigenvalue weighted by molar-refractivity contribution is 8.00. The van der Waals surface area contributed by atoms with Crippen LogP contribution >= 0.6 is 11.8 Å². The quantitative estimate of drug-likeness (QED) is 0.653. The van der Waals surface area contributed by atoms with E-state index in [0.29, 0.717) is 11.6 Å². The fourth-order valence-corrected chi connectivity index (χ4v) is 1.77. The largest absolute Gasteiger partial charge is 0.408 e. The van der Waals surface area contributed by atoms with Crippen LogP contribution in [0.25, 0.3) is 0 Å². The first-order valence-corrected chi connectivity index (χ1v) is 6.68. The van der Waals surface area contributed by atoms with Crippen LogP contribution in [0.3, 0.4) is 0 Å². The molecule has 1 heterocycles. The number of aliphatic hydroxyl groups is 2. The number of aliphatic hydroxyl groups excluding tert-OH is 2. The van der Waals surface area contributed by atoms with Crippen molar-refractivity contribution in [2.45, 2.75) is 25.9 Å². The van der Waals surface area contributed by atoms with Crippen molar-refractivity contribution in [2.75, 3.05) is 23.4 Å². The maximum absolute atomic E-state index is 11.5. The van der Waals surface area contributed by atoms with Gasteiger partial charge in [-0.15, -0.1) is 16.9 Å². The monoisotopic (exact) mass is 275 g/mol.